The number of halogens is 7. The molecular formula is C29H23F7N2O2. The highest BCUT2D eigenvalue weighted by molar-refractivity contribution is 6.08. The highest BCUT2D eigenvalue weighted by Gasteiger charge is 2.73. The van der Waals surface area contributed by atoms with E-state index in [1.165, 1.54) is 23.1 Å². The molecule has 3 rings (SSSR count). The third kappa shape index (κ3) is 5.96. The number of alkyl halides is 7. The summed E-state index contributed by atoms with van der Waals surface area (Å²) >= 11 is 0. The molecule has 40 heavy (non-hydrogen) atoms. The quantitative estimate of drug-likeness (QED) is 0.239. The van der Waals surface area contributed by atoms with Gasteiger partial charge in [0.1, 0.15) is 0 Å². The van der Waals surface area contributed by atoms with Crippen LogP contribution in [0.15, 0.2) is 66.7 Å². The Morgan fingerprint density at radius 1 is 0.825 bits per heavy atom. The molecule has 3 aromatic rings. The standard InChI is InChI=1S/C29H23F7N2O2/c1-4-5-14-38(26(40)20-10-7-6-8-11-20)23-13-9-12-21(17-23)25(39)37-24-18(2)15-22(16-19(24)3)27(30,28(31,32)33)29(34,35)36/h1,6-13,15-17H,5,14H2,2-3H3,(H,37,39). The molecule has 0 aliphatic heterocycles. The fourth-order valence-corrected chi connectivity index (χ4v) is 4.11. The first-order valence-electron chi connectivity index (χ1n) is 11.8. The van der Waals surface area contributed by atoms with Crippen LogP contribution in [-0.2, 0) is 5.67 Å². The van der Waals surface area contributed by atoms with E-state index in [0.717, 1.165) is 13.8 Å². The number of nitrogens with zero attached hydrogens (tertiary/aromatic N) is 1. The molecule has 0 bridgehead atoms. The molecule has 0 unspecified atom stereocenters. The number of hydrogen-bond donors (Lipinski definition) is 1. The molecular weight excluding hydrogens is 541 g/mol. The largest absolute Gasteiger partial charge is 0.435 e. The van der Waals surface area contributed by atoms with E-state index in [2.05, 4.69) is 11.2 Å². The number of carbonyl (C=O) groups is 2. The second kappa shape index (κ2) is 11.4. The first-order valence-corrected chi connectivity index (χ1v) is 11.8. The molecule has 0 saturated heterocycles. The van der Waals surface area contributed by atoms with Crippen molar-refractivity contribution in [2.45, 2.75) is 38.3 Å². The van der Waals surface area contributed by atoms with Gasteiger partial charge in [-0.15, -0.1) is 12.3 Å². The van der Waals surface area contributed by atoms with Crippen molar-refractivity contribution in [2.24, 2.45) is 0 Å². The van der Waals surface area contributed by atoms with E-state index in [4.69, 9.17) is 6.42 Å². The molecule has 210 valence electrons. The summed E-state index contributed by atoms with van der Waals surface area (Å²) in [4.78, 5) is 27.6. The van der Waals surface area contributed by atoms with E-state index < -0.39 is 29.5 Å². The summed E-state index contributed by atoms with van der Waals surface area (Å²) in [6, 6.07) is 15.0. The van der Waals surface area contributed by atoms with Crippen molar-refractivity contribution < 1.29 is 40.3 Å². The van der Waals surface area contributed by atoms with Gasteiger partial charge in [-0.2, -0.15) is 26.3 Å². The van der Waals surface area contributed by atoms with Crippen LogP contribution in [0.1, 0.15) is 43.8 Å². The Bertz CT molecular complexity index is 1400. The molecule has 0 spiro atoms. The average Bonchev–Trinajstić information content (AvgIpc) is 2.89. The van der Waals surface area contributed by atoms with Gasteiger partial charge in [-0.25, -0.2) is 4.39 Å². The fourth-order valence-electron chi connectivity index (χ4n) is 4.11. The second-order valence-electron chi connectivity index (χ2n) is 8.92. The van der Waals surface area contributed by atoms with Crippen molar-refractivity contribution in [2.75, 3.05) is 16.8 Å². The van der Waals surface area contributed by atoms with E-state index in [0.29, 0.717) is 23.4 Å². The van der Waals surface area contributed by atoms with Crippen LogP contribution in [-0.4, -0.2) is 30.7 Å². The summed E-state index contributed by atoms with van der Waals surface area (Å²) in [5.41, 5.74) is -7.02. The summed E-state index contributed by atoms with van der Waals surface area (Å²) in [6.07, 6.45) is -6.95. The predicted octanol–water partition coefficient (Wildman–Crippen LogP) is 7.52. The van der Waals surface area contributed by atoms with Crippen molar-refractivity contribution in [3.63, 3.8) is 0 Å². The normalized spacial score (nSPS) is 12.0. The predicted molar refractivity (Wildman–Crippen MR) is 137 cm³/mol. The molecule has 0 aliphatic rings. The maximum absolute atomic E-state index is 14.6. The highest BCUT2D eigenvalue weighted by atomic mass is 19.4. The van der Waals surface area contributed by atoms with Gasteiger partial charge in [-0.05, 0) is 55.3 Å². The monoisotopic (exact) mass is 564 g/mol. The molecule has 0 atom stereocenters. The van der Waals surface area contributed by atoms with Crippen LogP contribution in [0.5, 0.6) is 0 Å². The third-order valence-corrected chi connectivity index (χ3v) is 6.12. The summed E-state index contributed by atoms with van der Waals surface area (Å²) < 4.78 is 93.9. The van der Waals surface area contributed by atoms with Crippen LogP contribution >= 0.6 is 0 Å². The highest BCUT2D eigenvalue weighted by Crippen LogP contribution is 2.53. The van der Waals surface area contributed by atoms with Gasteiger partial charge in [0.05, 0.1) is 0 Å². The van der Waals surface area contributed by atoms with Gasteiger partial charge in [0.2, 0.25) is 0 Å². The molecule has 0 aliphatic carbocycles. The van der Waals surface area contributed by atoms with Gasteiger partial charge < -0.3 is 10.2 Å². The summed E-state index contributed by atoms with van der Waals surface area (Å²) in [6.45, 7) is 2.43. The van der Waals surface area contributed by atoms with Crippen molar-refractivity contribution in [1.29, 1.82) is 0 Å². The van der Waals surface area contributed by atoms with Crippen molar-refractivity contribution in [3.8, 4) is 12.3 Å². The molecule has 4 nitrogen and oxygen atoms in total. The van der Waals surface area contributed by atoms with E-state index in [1.54, 1.807) is 36.4 Å². The van der Waals surface area contributed by atoms with Crippen LogP contribution < -0.4 is 10.2 Å². The Kier molecular flexibility index (Phi) is 8.63. The second-order valence-corrected chi connectivity index (χ2v) is 8.92. The Morgan fingerprint density at radius 3 is 1.90 bits per heavy atom. The van der Waals surface area contributed by atoms with Crippen molar-refractivity contribution >= 4 is 23.2 Å². The SMILES string of the molecule is C#CCCN(C(=O)c1ccccc1)c1cccc(C(=O)Nc2c(C)cc(C(F)(C(F)(F)F)C(F)(F)F)cc2C)c1. The maximum atomic E-state index is 14.6. The van der Waals surface area contributed by atoms with Gasteiger partial charge in [-0.3, -0.25) is 9.59 Å². The lowest BCUT2D eigenvalue weighted by Crippen LogP contribution is -2.50. The number of terminal acetylenes is 1. The number of aryl methyl sites for hydroxylation is 2. The van der Waals surface area contributed by atoms with Gasteiger partial charge in [0.25, 0.3) is 11.8 Å². The summed E-state index contributed by atoms with van der Waals surface area (Å²) in [5.74, 6) is 1.31. The van der Waals surface area contributed by atoms with Gasteiger partial charge in [0, 0.05) is 41.0 Å². The molecule has 0 aromatic heterocycles. The Balaban J connectivity index is 1.95. The Labute approximate surface area is 225 Å². The smallest absolute Gasteiger partial charge is 0.322 e. The van der Waals surface area contributed by atoms with E-state index >= 15 is 0 Å². The number of nitrogens with one attached hydrogen (secondary N) is 1. The first-order chi connectivity index (χ1) is 18.6. The van der Waals surface area contributed by atoms with Crippen LogP contribution in [0, 0.1) is 26.2 Å². The number of anilines is 2. The zero-order valence-corrected chi connectivity index (χ0v) is 21.3. The third-order valence-electron chi connectivity index (χ3n) is 6.12. The van der Waals surface area contributed by atoms with Crippen molar-refractivity contribution in [3.05, 3.63) is 94.5 Å². The minimum Gasteiger partial charge on any atom is -0.322 e. The number of rotatable bonds is 7. The molecule has 0 heterocycles. The van der Waals surface area contributed by atoms with Gasteiger partial charge in [0.15, 0.2) is 0 Å². The lowest BCUT2D eigenvalue weighted by atomic mass is 9.90. The van der Waals surface area contributed by atoms with E-state index in [1.807, 2.05) is 0 Å². The molecule has 2 amide bonds. The zero-order valence-electron chi connectivity index (χ0n) is 21.3. The van der Waals surface area contributed by atoms with Gasteiger partial charge >= 0.3 is 18.0 Å². The maximum Gasteiger partial charge on any atom is 0.435 e. The van der Waals surface area contributed by atoms with Crippen molar-refractivity contribution in [1.82, 2.24) is 0 Å². The summed E-state index contributed by atoms with van der Waals surface area (Å²) in [5, 5.41) is 2.46. The zero-order chi connectivity index (χ0) is 29.9. The van der Waals surface area contributed by atoms with Gasteiger partial charge in [-0.1, -0.05) is 36.4 Å². The lowest BCUT2D eigenvalue weighted by molar-refractivity contribution is -0.348. The van der Waals surface area contributed by atoms with E-state index in [-0.39, 0.29) is 41.3 Å². The van der Waals surface area contributed by atoms with Crippen LogP contribution in [0.3, 0.4) is 0 Å². The lowest BCUT2D eigenvalue weighted by Gasteiger charge is -2.31. The number of carbonyl (C=O) groups excluding carboxylic acids is 2. The summed E-state index contributed by atoms with van der Waals surface area (Å²) in [7, 11) is 0. The molecule has 0 fully saturated rings. The average molecular weight is 565 g/mol. The fraction of sp³-hybridized carbons (Fsp3) is 0.241. The number of amides is 2. The van der Waals surface area contributed by atoms with Crippen LogP contribution in [0.25, 0.3) is 0 Å². The number of benzene rings is 3. The molecule has 11 heteroatoms. The molecule has 0 saturated carbocycles. The van der Waals surface area contributed by atoms with Crippen LogP contribution in [0.2, 0.25) is 0 Å². The molecule has 0 radical (unpaired) electrons. The topological polar surface area (TPSA) is 49.4 Å². The Hall–Kier alpha value is -4.33. The minimum atomic E-state index is -6.27. The molecule has 3 aromatic carbocycles. The Morgan fingerprint density at radius 2 is 1.38 bits per heavy atom. The molecule has 1 N–H and O–H groups in total. The van der Waals surface area contributed by atoms with Crippen LogP contribution in [0.4, 0.5) is 42.1 Å². The van der Waals surface area contributed by atoms with E-state index in [9.17, 15) is 40.3 Å². The first kappa shape index (κ1) is 30.2. The number of hydrogen-bond acceptors (Lipinski definition) is 2. The minimum absolute atomic E-state index is 0.0392.